The van der Waals surface area contributed by atoms with Gasteiger partial charge in [-0.25, -0.2) is 0 Å². The van der Waals surface area contributed by atoms with Crippen molar-refractivity contribution in [2.24, 2.45) is 0 Å². The van der Waals surface area contributed by atoms with Crippen LogP contribution in [-0.2, 0) is 6.54 Å². The molecule has 0 saturated carbocycles. The van der Waals surface area contributed by atoms with E-state index >= 15 is 0 Å². The van der Waals surface area contributed by atoms with Crippen LogP contribution in [0.1, 0.15) is 11.4 Å². The van der Waals surface area contributed by atoms with E-state index in [9.17, 15) is 9.59 Å². The standard InChI is InChI=1S/C20H16N2O4/c1-12-21-19-17(20(24)22(12)11-13-6-4-3-5-7-13)18(23)15-9-8-14(25-2)10-16(15)26-19/h3-10H,11H2,1-2H3. The normalized spacial score (nSPS) is 11.2. The van der Waals surface area contributed by atoms with Gasteiger partial charge in [0.25, 0.3) is 5.56 Å². The van der Waals surface area contributed by atoms with E-state index in [1.807, 2.05) is 30.3 Å². The Balaban J connectivity index is 2.00. The maximum absolute atomic E-state index is 13.0. The molecule has 0 aliphatic rings. The van der Waals surface area contributed by atoms with E-state index in [-0.39, 0.29) is 16.5 Å². The summed E-state index contributed by atoms with van der Waals surface area (Å²) in [4.78, 5) is 30.2. The zero-order valence-corrected chi connectivity index (χ0v) is 14.4. The smallest absolute Gasteiger partial charge is 0.269 e. The molecular weight excluding hydrogens is 332 g/mol. The first-order chi connectivity index (χ1) is 12.6. The lowest BCUT2D eigenvalue weighted by molar-refractivity contribution is 0.414. The van der Waals surface area contributed by atoms with Crippen molar-refractivity contribution in [2.75, 3.05) is 7.11 Å². The summed E-state index contributed by atoms with van der Waals surface area (Å²) in [6.45, 7) is 2.06. The largest absolute Gasteiger partial charge is 0.497 e. The maximum Gasteiger partial charge on any atom is 0.269 e. The molecule has 0 amide bonds. The summed E-state index contributed by atoms with van der Waals surface area (Å²) in [7, 11) is 1.53. The number of methoxy groups -OCH3 is 1. The van der Waals surface area contributed by atoms with Crippen LogP contribution in [0.4, 0.5) is 0 Å². The first-order valence-corrected chi connectivity index (χ1v) is 8.14. The van der Waals surface area contributed by atoms with Gasteiger partial charge in [-0.2, -0.15) is 4.98 Å². The van der Waals surface area contributed by atoms with Crippen LogP contribution in [0.5, 0.6) is 5.75 Å². The minimum Gasteiger partial charge on any atom is -0.497 e. The topological polar surface area (TPSA) is 74.3 Å². The molecule has 0 aliphatic heterocycles. The Morgan fingerprint density at radius 1 is 1.12 bits per heavy atom. The van der Waals surface area contributed by atoms with Crippen molar-refractivity contribution in [1.29, 1.82) is 0 Å². The molecule has 0 saturated heterocycles. The third kappa shape index (κ3) is 2.56. The third-order valence-corrected chi connectivity index (χ3v) is 4.38. The molecule has 6 nitrogen and oxygen atoms in total. The zero-order chi connectivity index (χ0) is 18.3. The van der Waals surface area contributed by atoms with Gasteiger partial charge in [0.05, 0.1) is 19.0 Å². The molecule has 0 spiro atoms. The van der Waals surface area contributed by atoms with Crippen molar-refractivity contribution >= 4 is 22.1 Å². The second-order valence-corrected chi connectivity index (χ2v) is 6.01. The molecule has 130 valence electrons. The average molecular weight is 348 g/mol. The van der Waals surface area contributed by atoms with E-state index in [0.717, 1.165) is 5.56 Å². The fraction of sp³-hybridized carbons (Fsp3) is 0.150. The molecule has 0 radical (unpaired) electrons. The summed E-state index contributed by atoms with van der Waals surface area (Å²) in [5, 5.41) is 0.288. The molecule has 0 N–H and O–H groups in total. The number of hydrogen-bond donors (Lipinski definition) is 0. The minimum absolute atomic E-state index is 0.0378. The highest BCUT2D eigenvalue weighted by Gasteiger charge is 2.16. The molecule has 2 aromatic heterocycles. The Labute approximate surface area is 148 Å². The molecule has 0 unspecified atom stereocenters. The number of aromatic nitrogens is 2. The maximum atomic E-state index is 13.0. The Bertz CT molecular complexity index is 1240. The number of aryl methyl sites for hydroxylation is 1. The highest BCUT2D eigenvalue weighted by molar-refractivity contribution is 5.88. The Morgan fingerprint density at radius 2 is 1.88 bits per heavy atom. The molecule has 4 rings (SSSR count). The van der Waals surface area contributed by atoms with Gasteiger partial charge in [0.1, 0.15) is 17.2 Å². The first kappa shape index (κ1) is 16.1. The predicted octanol–water partition coefficient (Wildman–Crippen LogP) is 2.87. The van der Waals surface area contributed by atoms with Gasteiger partial charge >= 0.3 is 0 Å². The van der Waals surface area contributed by atoms with Crippen LogP contribution >= 0.6 is 0 Å². The van der Waals surface area contributed by atoms with Gasteiger partial charge in [-0.05, 0) is 24.6 Å². The lowest BCUT2D eigenvalue weighted by Gasteiger charge is -2.11. The number of benzene rings is 2. The van der Waals surface area contributed by atoms with E-state index in [4.69, 9.17) is 9.15 Å². The summed E-state index contributed by atoms with van der Waals surface area (Å²) >= 11 is 0. The third-order valence-electron chi connectivity index (χ3n) is 4.38. The summed E-state index contributed by atoms with van der Waals surface area (Å²) < 4.78 is 12.4. The summed E-state index contributed by atoms with van der Waals surface area (Å²) in [6.07, 6.45) is 0. The van der Waals surface area contributed by atoms with Gasteiger partial charge in [0.2, 0.25) is 11.1 Å². The molecule has 6 heteroatoms. The Morgan fingerprint density at radius 3 is 2.62 bits per heavy atom. The SMILES string of the molecule is COc1ccc2c(=O)c3c(=O)n(Cc4ccccc4)c(C)nc3oc2c1. The lowest BCUT2D eigenvalue weighted by Crippen LogP contribution is -2.28. The van der Waals surface area contributed by atoms with Gasteiger partial charge in [-0.3, -0.25) is 14.2 Å². The number of ether oxygens (including phenoxy) is 1. The zero-order valence-electron chi connectivity index (χ0n) is 14.4. The minimum atomic E-state index is -0.400. The molecule has 26 heavy (non-hydrogen) atoms. The Hall–Kier alpha value is -3.41. The van der Waals surface area contributed by atoms with Crippen molar-refractivity contribution in [3.8, 4) is 5.75 Å². The fourth-order valence-electron chi connectivity index (χ4n) is 3.00. The van der Waals surface area contributed by atoms with Gasteiger partial charge in [0, 0.05) is 6.07 Å². The van der Waals surface area contributed by atoms with E-state index in [1.165, 1.54) is 11.7 Å². The number of hydrogen-bond acceptors (Lipinski definition) is 5. The van der Waals surface area contributed by atoms with Crippen LogP contribution in [0, 0.1) is 6.92 Å². The predicted molar refractivity (Wildman–Crippen MR) is 98.9 cm³/mol. The highest BCUT2D eigenvalue weighted by atomic mass is 16.5. The van der Waals surface area contributed by atoms with E-state index in [2.05, 4.69) is 4.98 Å². The Kier molecular flexibility index (Phi) is 3.80. The molecular formula is C20H16N2O4. The molecule has 0 bridgehead atoms. The fourth-order valence-corrected chi connectivity index (χ4v) is 3.00. The quantitative estimate of drug-likeness (QED) is 0.532. The van der Waals surface area contributed by atoms with Gasteiger partial charge < -0.3 is 9.15 Å². The molecule has 4 aromatic rings. The molecule has 0 aliphatic carbocycles. The van der Waals surface area contributed by atoms with Crippen molar-refractivity contribution in [3.05, 3.63) is 80.5 Å². The monoisotopic (exact) mass is 348 g/mol. The average Bonchev–Trinajstić information content (AvgIpc) is 2.65. The van der Waals surface area contributed by atoms with Crippen LogP contribution in [0.2, 0.25) is 0 Å². The summed E-state index contributed by atoms with van der Waals surface area (Å²) in [5.41, 5.74) is 0.552. The van der Waals surface area contributed by atoms with Crippen LogP contribution in [-0.4, -0.2) is 16.7 Å². The van der Waals surface area contributed by atoms with Crippen molar-refractivity contribution < 1.29 is 9.15 Å². The van der Waals surface area contributed by atoms with Crippen LogP contribution in [0.15, 0.2) is 62.5 Å². The second-order valence-electron chi connectivity index (χ2n) is 6.01. The molecule has 2 aromatic carbocycles. The van der Waals surface area contributed by atoms with E-state index in [1.54, 1.807) is 25.1 Å². The summed E-state index contributed by atoms with van der Waals surface area (Å²) in [5.74, 6) is 1.05. The van der Waals surface area contributed by atoms with Crippen LogP contribution in [0.3, 0.4) is 0 Å². The van der Waals surface area contributed by atoms with Crippen molar-refractivity contribution in [2.45, 2.75) is 13.5 Å². The first-order valence-electron chi connectivity index (χ1n) is 8.14. The number of nitrogens with zero attached hydrogens (tertiary/aromatic N) is 2. The molecule has 0 atom stereocenters. The molecule has 0 fully saturated rings. The molecule has 2 heterocycles. The number of rotatable bonds is 3. The van der Waals surface area contributed by atoms with Gasteiger partial charge in [-0.15, -0.1) is 0 Å². The second kappa shape index (κ2) is 6.15. The van der Waals surface area contributed by atoms with Gasteiger partial charge in [-0.1, -0.05) is 30.3 Å². The number of fused-ring (bicyclic) bond motifs is 2. The van der Waals surface area contributed by atoms with Crippen molar-refractivity contribution in [3.63, 3.8) is 0 Å². The van der Waals surface area contributed by atoms with Crippen LogP contribution < -0.4 is 15.7 Å². The van der Waals surface area contributed by atoms with Gasteiger partial charge in [0.15, 0.2) is 5.39 Å². The summed E-state index contributed by atoms with van der Waals surface area (Å²) in [6, 6.07) is 14.4. The highest BCUT2D eigenvalue weighted by Crippen LogP contribution is 2.21. The lowest BCUT2D eigenvalue weighted by atomic mass is 10.2. The van der Waals surface area contributed by atoms with Crippen molar-refractivity contribution in [1.82, 2.24) is 9.55 Å². The van der Waals surface area contributed by atoms with E-state index in [0.29, 0.717) is 29.1 Å². The van der Waals surface area contributed by atoms with Crippen LogP contribution in [0.25, 0.3) is 22.1 Å². The van der Waals surface area contributed by atoms with E-state index < -0.39 is 5.56 Å².